The largest absolute Gasteiger partial charge is 0.304 e. The average Bonchev–Trinajstić information content (AvgIpc) is 3.13. The van der Waals surface area contributed by atoms with Gasteiger partial charge in [0.25, 0.3) is 5.91 Å². The highest BCUT2D eigenvalue weighted by Gasteiger charge is 2.32. The van der Waals surface area contributed by atoms with E-state index in [1.54, 1.807) is 29.2 Å². The third kappa shape index (κ3) is 4.78. The van der Waals surface area contributed by atoms with Gasteiger partial charge in [-0.3, -0.25) is 4.79 Å². The van der Waals surface area contributed by atoms with Gasteiger partial charge in [0, 0.05) is 11.9 Å². The summed E-state index contributed by atoms with van der Waals surface area (Å²) in [6.07, 6.45) is 1.19. The van der Waals surface area contributed by atoms with Gasteiger partial charge >= 0.3 is 0 Å². The van der Waals surface area contributed by atoms with Crippen molar-refractivity contribution < 1.29 is 13.2 Å². The molecule has 3 aromatic rings. The third-order valence-electron chi connectivity index (χ3n) is 5.12. The fourth-order valence-electron chi connectivity index (χ4n) is 3.55. The van der Waals surface area contributed by atoms with E-state index in [0.29, 0.717) is 12.1 Å². The first-order chi connectivity index (χ1) is 14.8. The van der Waals surface area contributed by atoms with Crippen molar-refractivity contribution in [1.82, 2.24) is 0 Å². The van der Waals surface area contributed by atoms with Crippen LogP contribution in [0.5, 0.6) is 0 Å². The van der Waals surface area contributed by atoms with Gasteiger partial charge in [0.15, 0.2) is 9.84 Å². The number of amides is 1. The van der Waals surface area contributed by atoms with Crippen LogP contribution >= 0.6 is 0 Å². The molecule has 0 saturated carbocycles. The molecule has 4 nitrogen and oxygen atoms in total. The van der Waals surface area contributed by atoms with Crippen molar-refractivity contribution >= 4 is 32.6 Å². The standard InChI is InChI=1S/C24H21NO3S.C2H6/c1-17-8-12-20(13-9-17)25-16-22(18-10-14-21(15-11-18)29(2,27)28)23(24(25)26)19-6-4-3-5-7-19;1-2/h3-15H,16H2,1-2H3;1-2H3. The second-order valence-electron chi connectivity index (χ2n) is 7.24. The maximum Gasteiger partial charge on any atom is 0.259 e. The molecule has 160 valence electrons. The topological polar surface area (TPSA) is 54.5 Å². The van der Waals surface area contributed by atoms with Gasteiger partial charge in [-0.2, -0.15) is 0 Å². The van der Waals surface area contributed by atoms with Crippen LogP contribution in [-0.2, 0) is 14.6 Å². The molecule has 3 aromatic carbocycles. The van der Waals surface area contributed by atoms with Crippen LogP contribution in [0.1, 0.15) is 30.5 Å². The lowest BCUT2D eigenvalue weighted by molar-refractivity contribution is -0.112. The summed E-state index contributed by atoms with van der Waals surface area (Å²) in [6, 6.07) is 24.2. The van der Waals surface area contributed by atoms with E-state index in [1.807, 2.05) is 75.4 Å². The minimum absolute atomic E-state index is 0.0535. The molecule has 0 radical (unpaired) electrons. The molecule has 5 heteroatoms. The highest BCUT2D eigenvalue weighted by molar-refractivity contribution is 7.90. The van der Waals surface area contributed by atoms with Gasteiger partial charge in [-0.25, -0.2) is 8.42 Å². The molecule has 0 unspecified atom stereocenters. The van der Waals surface area contributed by atoms with E-state index < -0.39 is 9.84 Å². The van der Waals surface area contributed by atoms with E-state index in [9.17, 15) is 13.2 Å². The van der Waals surface area contributed by atoms with Gasteiger partial charge in [0.1, 0.15) is 0 Å². The lowest BCUT2D eigenvalue weighted by Crippen LogP contribution is -2.26. The van der Waals surface area contributed by atoms with Crippen molar-refractivity contribution in [3.05, 3.63) is 95.6 Å². The maximum absolute atomic E-state index is 13.4. The SMILES string of the molecule is CC.Cc1ccc(N2CC(c3ccc(S(C)(=O)=O)cc3)=C(c3ccccc3)C2=O)cc1. The Hall–Kier alpha value is -3.18. The van der Waals surface area contributed by atoms with Crippen LogP contribution in [-0.4, -0.2) is 27.1 Å². The Balaban J connectivity index is 0.00000132. The predicted octanol–water partition coefficient (Wildman–Crippen LogP) is 5.38. The summed E-state index contributed by atoms with van der Waals surface area (Å²) < 4.78 is 23.6. The van der Waals surface area contributed by atoms with Crippen LogP contribution in [0.25, 0.3) is 11.1 Å². The number of sulfone groups is 1. The molecule has 0 bridgehead atoms. The summed E-state index contributed by atoms with van der Waals surface area (Å²) in [7, 11) is -3.27. The maximum atomic E-state index is 13.4. The first kappa shape index (κ1) is 22.5. The van der Waals surface area contributed by atoms with E-state index in [4.69, 9.17) is 0 Å². The molecule has 0 N–H and O–H groups in total. The molecule has 1 heterocycles. The number of rotatable bonds is 4. The van der Waals surface area contributed by atoms with Gasteiger partial charge in [-0.15, -0.1) is 0 Å². The molecule has 0 fully saturated rings. The van der Waals surface area contributed by atoms with Gasteiger partial charge in [-0.1, -0.05) is 74.0 Å². The van der Waals surface area contributed by atoms with Crippen LogP contribution in [0.2, 0.25) is 0 Å². The van der Waals surface area contributed by atoms with Gasteiger partial charge < -0.3 is 4.90 Å². The minimum Gasteiger partial charge on any atom is -0.304 e. The van der Waals surface area contributed by atoms with Crippen molar-refractivity contribution in [3.8, 4) is 0 Å². The third-order valence-corrected chi connectivity index (χ3v) is 6.24. The van der Waals surface area contributed by atoms with Crippen molar-refractivity contribution in [2.24, 2.45) is 0 Å². The first-order valence-corrected chi connectivity index (χ1v) is 12.2. The van der Waals surface area contributed by atoms with E-state index in [1.165, 1.54) is 6.26 Å². The van der Waals surface area contributed by atoms with Crippen molar-refractivity contribution in [1.29, 1.82) is 0 Å². The van der Waals surface area contributed by atoms with Crippen LogP contribution in [0.4, 0.5) is 5.69 Å². The van der Waals surface area contributed by atoms with Crippen LogP contribution < -0.4 is 4.90 Å². The zero-order valence-corrected chi connectivity index (χ0v) is 19.1. The van der Waals surface area contributed by atoms with Gasteiger partial charge in [0.2, 0.25) is 0 Å². The second kappa shape index (κ2) is 9.31. The van der Waals surface area contributed by atoms with Crippen LogP contribution in [0, 0.1) is 6.92 Å². The average molecular weight is 434 g/mol. The fourth-order valence-corrected chi connectivity index (χ4v) is 4.18. The van der Waals surface area contributed by atoms with Gasteiger partial charge in [0.05, 0.1) is 17.0 Å². The van der Waals surface area contributed by atoms with E-state index in [2.05, 4.69) is 0 Å². The summed E-state index contributed by atoms with van der Waals surface area (Å²) in [4.78, 5) is 15.4. The van der Waals surface area contributed by atoms with E-state index >= 15 is 0 Å². The summed E-state index contributed by atoms with van der Waals surface area (Å²) in [5.74, 6) is -0.0535. The number of aryl methyl sites for hydroxylation is 1. The number of hydrogen-bond acceptors (Lipinski definition) is 3. The number of benzene rings is 3. The second-order valence-corrected chi connectivity index (χ2v) is 9.26. The van der Waals surface area contributed by atoms with Crippen molar-refractivity contribution in [2.45, 2.75) is 25.7 Å². The number of carbonyl (C=O) groups is 1. The molecule has 0 aliphatic carbocycles. The molecule has 4 rings (SSSR count). The summed E-state index contributed by atoms with van der Waals surface area (Å²) >= 11 is 0. The Morgan fingerprint density at radius 1 is 0.774 bits per heavy atom. The van der Waals surface area contributed by atoms with Crippen LogP contribution in [0.15, 0.2) is 83.8 Å². The number of nitrogens with zero attached hydrogens (tertiary/aromatic N) is 1. The molecule has 1 aliphatic rings. The molecule has 0 aromatic heterocycles. The summed E-state index contributed by atoms with van der Waals surface area (Å²) in [5.41, 5.74) is 5.22. The van der Waals surface area contributed by atoms with Crippen molar-refractivity contribution in [3.63, 3.8) is 0 Å². The molecule has 0 saturated heterocycles. The Kier molecular flexibility index (Phi) is 6.76. The normalized spacial score (nSPS) is 13.8. The molecule has 31 heavy (non-hydrogen) atoms. The summed E-state index contributed by atoms with van der Waals surface area (Å²) in [5, 5.41) is 0. The van der Waals surface area contributed by atoms with Crippen LogP contribution in [0.3, 0.4) is 0 Å². The minimum atomic E-state index is -3.27. The fraction of sp³-hybridized carbons (Fsp3) is 0.192. The molecule has 0 spiro atoms. The number of carbonyl (C=O) groups excluding carboxylic acids is 1. The quantitative estimate of drug-likeness (QED) is 0.555. The molecule has 1 aliphatic heterocycles. The zero-order chi connectivity index (χ0) is 22.6. The van der Waals surface area contributed by atoms with Crippen molar-refractivity contribution in [2.75, 3.05) is 17.7 Å². The zero-order valence-electron chi connectivity index (χ0n) is 18.3. The smallest absolute Gasteiger partial charge is 0.259 e. The Bertz CT molecular complexity index is 1190. The van der Waals surface area contributed by atoms with E-state index in [0.717, 1.165) is 28.0 Å². The molecular weight excluding hydrogens is 406 g/mol. The molecule has 1 amide bonds. The Morgan fingerprint density at radius 3 is 1.90 bits per heavy atom. The van der Waals surface area contributed by atoms with E-state index in [-0.39, 0.29) is 10.8 Å². The monoisotopic (exact) mass is 433 g/mol. The number of hydrogen-bond donors (Lipinski definition) is 0. The molecule has 0 atom stereocenters. The lowest BCUT2D eigenvalue weighted by atomic mass is 9.97. The highest BCUT2D eigenvalue weighted by Crippen LogP contribution is 2.37. The highest BCUT2D eigenvalue weighted by atomic mass is 32.2. The Labute approximate surface area is 184 Å². The summed E-state index contributed by atoms with van der Waals surface area (Å²) in [6.45, 7) is 6.45. The van der Waals surface area contributed by atoms with Gasteiger partial charge in [-0.05, 0) is 47.9 Å². The predicted molar refractivity (Wildman–Crippen MR) is 128 cm³/mol. The number of anilines is 1. The Morgan fingerprint density at radius 2 is 1.35 bits per heavy atom. The lowest BCUT2D eigenvalue weighted by Gasteiger charge is -2.17. The first-order valence-electron chi connectivity index (χ1n) is 10.3. The molecular formula is C26H27NO3S.